The Morgan fingerprint density at radius 3 is 2.43 bits per heavy atom. The molecule has 1 aliphatic heterocycles. The lowest BCUT2D eigenvalue weighted by Crippen LogP contribution is -2.37. The molecular weight excluding hydrogens is 174 g/mol. The predicted molar refractivity (Wildman–Crippen MR) is 60.5 cm³/mol. The Labute approximate surface area is 88.6 Å². The van der Waals surface area contributed by atoms with Gasteiger partial charge in [0.2, 0.25) is 0 Å². The van der Waals surface area contributed by atoms with Crippen LogP contribution in [-0.4, -0.2) is 37.7 Å². The molecule has 0 aromatic carbocycles. The van der Waals surface area contributed by atoms with Crippen molar-refractivity contribution in [1.29, 1.82) is 0 Å². The van der Waals surface area contributed by atoms with Crippen molar-refractivity contribution in [3.63, 3.8) is 0 Å². The molecule has 0 saturated carbocycles. The van der Waals surface area contributed by atoms with Crippen LogP contribution in [0.3, 0.4) is 0 Å². The summed E-state index contributed by atoms with van der Waals surface area (Å²) >= 11 is 0. The third-order valence-corrected chi connectivity index (χ3v) is 3.33. The van der Waals surface area contributed by atoms with Crippen molar-refractivity contribution in [2.45, 2.75) is 33.6 Å². The van der Waals surface area contributed by atoms with E-state index >= 15 is 0 Å². The highest BCUT2D eigenvalue weighted by Gasteiger charge is 2.20. The van der Waals surface area contributed by atoms with Crippen LogP contribution in [0.1, 0.15) is 33.6 Å². The molecule has 0 aromatic heterocycles. The molecule has 0 aliphatic carbocycles. The van der Waals surface area contributed by atoms with Crippen LogP contribution in [0.25, 0.3) is 0 Å². The Morgan fingerprint density at radius 1 is 1.29 bits per heavy atom. The summed E-state index contributed by atoms with van der Waals surface area (Å²) in [5.74, 6) is 1.82. The standard InChI is InChI=1S/C12H25NO/c1-4-14-10-9-13-7-5-12(6-8-13)11(2)3/h11-12H,4-10H2,1-3H3. The van der Waals surface area contributed by atoms with Crippen molar-refractivity contribution in [3.8, 4) is 0 Å². The van der Waals surface area contributed by atoms with Crippen molar-refractivity contribution in [2.75, 3.05) is 32.8 Å². The van der Waals surface area contributed by atoms with E-state index in [1.54, 1.807) is 0 Å². The van der Waals surface area contributed by atoms with Gasteiger partial charge in [0, 0.05) is 13.2 Å². The second-order valence-electron chi connectivity index (χ2n) is 4.62. The van der Waals surface area contributed by atoms with E-state index in [9.17, 15) is 0 Å². The lowest BCUT2D eigenvalue weighted by molar-refractivity contribution is 0.0894. The molecule has 0 amide bonds. The minimum absolute atomic E-state index is 0.850. The molecule has 0 aromatic rings. The molecule has 14 heavy (non-hydrogen) atoms. The normalized spacial score (nSPS) is 20.6. The van der Waals surface area contributed by atoms with Gasteiger partial charge in [0.05, 0.1) is 6.61 Å². The van der Waals surface area contributed by atoms with Gasteiger partial charge in [-0.1, -0.05) is 13.8 Å². The van der Waals surface area contributed by atoms with Gasteiger partial charge in [0.25, 0.3) is 0 Å². The summed E-state index contributed by atoms with van der Waals surface area (Å²) < 4.78 is 5.37. The van der Waals surface area contributed by atoms with E-state index in [2.05, 4.69) is 25.7 Å². The monoisotopic (exact) mass is 199 g/mol. The molecule has 0 unspecified atom stereocenters. The van der Waals surface area contributed by atoms with Gasteiger partial charge in [-0.2, -0.15) is 0 Å². The van der Waals surface area contributed by atoms with Crippen molar-refractivity contribution in [3.05, 3.63) is 0 Å². The lowest BCUT2D eigenvalue weighted by Gasteiger charge is -2.33. The van der Waals surface area contributed by atoms with Crippen molar-refractivity contribution in [2.24, 2.45) is 11.8 Å². The van der Waals surface area contributed by atoms with E-state index in [0.29, 0.717) is 0 Å². The second kappa shape index (κ2) is 6.41. The Hall–Kier alpha value is -0.0800. The smallest absolute Gasteiger partial charge is 0.0593 e. The minimum atomic E-state index is 0.850. The quantitative estimate of drug-likeness (QED) is 0.630. The first-order valence-electron chi connectivity index (χ1n) is 6.04. The average Bonchev–Trinajstić information content (AvgIpc) is 2.19. The molecule has 1 aliphatic rings. The van der Waals surface area contributed by atoms with Crippen LogP contribution in [0.15, 0.2) is 0 Å². The predicted octanol–water partition coefficient (Wildman–Crippen LogP) is 2.39. The second-order valence-corrected chi connectivity index (χ2v) is 4.62. The molecule has 1 rings (SSSR count). The van der Waals surface area contributed by atoms with E-state index in [1.165, 1.54) is 25.9 Å². The highest BCUT2D eigenvalue weighted by Crippen LogP contribution is 2.23. The molecule has 84 valence electrons. The van der Waals surface area contributed by atoms with Crippen LogP contribution >= 0.6 is 0 Å². The largest absolute Gasteiger partial charge is 0.380 e. The van der Waals surface area contributed by atoms with Crippen LogP contribution in [0.2, 0.25) is 0 Å². The van der Waals surface area contributed by atoms with Crippen molar-refractivity contribution >= 4 is 0 Å². The number of ether oxygens (including phenoxy) is 1. The van der Waals surface area contributed by atoms with E-state index in [-0.39, 0.29) is 0 Å². The topological polar surface area (TPSA) is 12.5 Å². The van der Waals surface area contributed by atoms with Crippen LogP contribution in [0, 0.1) is 11.8 Å². The number of rotatable bonds is 5. The van der Waals surface area contributed by atoms with Crippen LogP contribution in [-0.2, 0) is 4.74 Å². The summed E-state index contributed by atoms with van der Waals surface area (Å²) in [6.07, 6.45) is 2.76. The molecule has 1 saturated heterocycles. The summed E-state index contributed by atoms with van der Waals surface area (Å²) in [7, 11) is 0. The van der Waals surface area contributed by atoms with Crippen LogP contribution in [0.5, 0.6) is 0 Å². The third kappa shape index (κ3) is 3.97. The fraction of sp³-hybridized carbons (Fsp3) is 1.00. The molecule has 0 radical (unpaired) electrons. The van der Waals surface area contributed by atoms with Gasteiger partial charge in [-0.25, -0.2) is 0 Å². The summed E-state index contributed by atoms with van der Waals surface area (Å²) in [4.78, 5) is 2.54. The summed E-state index contributed by atoms with van der Waals surface area (Å²) in [5.41, 5.74) is 0. The third-order valence-electron chi connectivity index (χ3n) is 3.33. The minimum Gasteiger partial charge on any atom is -0.380 e. The van der Waals surface area contributed by atoms with Gasteiger partial charge in [-0.15, -0.1) is 0 Å². The summed E-state index contributed by atoms with van der Waals surface area (Å²) in [6, 6.07) is 0. The molecule has 0 atom stereocenters. The average molecular weight is 199 g/mol. The SMILES string of the molecule is CCOCCN1CCC(C(C)C)CC1. The molecule has 0 N–H and O–H groups in total. The first-order chi connectivity index (χ1) is 6.74. The highest BCUT2D eigenvalue weighted by atomic mass is 16.5. The maximum Gasteiger partial charge on any atom is 0.0593 e. The van der Waals surface area contributed by atoms with Gasteiger partial charge >= 0.3 is 0 Å². The molecular formula is C12H25NO. The van der Waals surface area contributed by atoms with E-state index < -0.39 is 0 Å². The zero-order valence-corrected chi connectivity index (χ0v) is 9.96. The molecule has 1 fully saturated rings. The van der Waals surface area contributed by atoms with Gasteiger partial charge in [0.1, 0.15) is 0 Å². The molecule has 0 bridgehead atoms. The van der Waals surface area contributed by atoms with Gasteiger partial charge in [-0.05, 0) is 44.7 Å². The Balaban J connectivity index is 2.09. The summed E-state index contributed by atoms with van der Waals surface area (Å²) in [5, 5.41) is 0. The zero-order valence-electron chi connectivity index (χ0n) is 9.96. The first-order valence-corrected chi connectivity index (χ1v) is 6.04. The Morgan fingerprint density at radius 2 is 1.93 bits per heavy atom. The zero-order chi connectivity index (χ0) is 10.4. The van der Waals surface area contributed by atoms with Crippen LogP contribution in [0.4, 0.5) is 0 Å². The Kier molecular flexibility index (Phi) is 5.49. The number of likely N-dealkylation sites (tertiary alicyclic amines) is 1. The molecule has 1 heterocycles. The Bertz CT molecular complexity index is 139. The van der Waals surface area contributed by atoms with Crippen molar-refractivity contribution < 1.29 is 4.74 Å². The highest BCUT2D eigenvalue weighted by molar-refractivity contribution is 4.73. The van der Waals surface area contributed by atoms with E-state index in [0.717, 1.165) is 31.6 Å². The number of hydrogen-bond acceptors (Lipinski definition) is 2. The van der Waals surface area contributed by atoms with E-state index in [1.807, 2.05) is 0 Å². The maximum absolute atomic E-state index is 5.37. The number of nitrogens with zero attached hydrogens (tertiary/aromatic N) is 1. The molecule has 2 heteroatoms. The number of hydrogen-bond donors (Lipinski definition) is 0. The molecule has 0 spiro atoms. The fourth-order valence-electron chi connectivity index (χ4n) is 2.18. The summed E-state index contributed by atoms with van der Waals surface area (Å²) in [6.45, 7) is 12.2. The van der Waals surface area contributed by atoms with Gasteiger partial charge in [-0.3, -0.25) is 0 Å². The maximum atomic E-state index is 5.37. The first kappa shape index (κ1) is 12.0. The fourth-order valence-corrected chi connectivity index (χ4v) is 2.18. The lowest BCUT2D eigenvalue weighted by atomic mass is 9.87. The van der Waals surface area contributed by atoms with Crippen LogP contribution < -0.4 is 0 Å². The van der Waals surface area contributed by atoms with Gasteiger partial charge < -0.3 is 9.64 Å². The number of piperidine rings is 1. The van der Waals surface area contributed by atoms with E-state index in [4.69, 9.17) is 4.74 Å². The molecule has 2 nitrogen and oxygen atoms in total. The van der Waals surface area contributed by atoms with Gasteiger partial charge in [0.15, 0.2) is 0 Å². The van der Waals surface area contributed by atoms with Crippen molar-refractivity contribution in [1.82, 2.24) is 4.90 Å².